The van der Waals surface area contributed by atoms with Crippen molar-refractivity contribution in [2.45, 2.75) is 37.7 Å². The fraction of sp³-hybridized carbons (Fsp3) is 0.500. The topological polar surface area (TPSA) is 56.8 Å². The molecule has 1 unspecified atom stereocenters. The van der Waals surface area contributed by atoms with Crippen molar-refractivity contribution in [2.24, 2.45) is 0 Å². The number of benzene rings is 1. The molecule has 0 aromatic heterocycles. The van der Waals surface area contributed by atoms with Gasteiger partial charge >= 0.3 is 5.97 Å². The molecule has 2 aliphatic rings. The summed E-state index contributed by atoms with van der Waals surface area (Å²) in [6.07, 6.45) is 3.24. The van der Waals surface area contributed by atoms with Crippen LogP contribution in [0.2, 0.25) is 5.02 Å². The monoisotopic (exact) mass is 383 g/mol. The molecule has 1 aromatic rings. The molecule has 7 heteroatoms. The van der Waals surface area contributed by atoms with Crippen molar-refractivity contribution in [2.75, 3.05) is 24.5 Å². The average Bonchev–Trinajstić information content (AvgIpc) is 3.03. The lowest BCUT2D eigenvalue weighted by molar-refractivity contribution is -0.142. The first kappa shape index (κ1) is 18.6. The number of esters is 1. The fourth-order valence-electron chi connectivity index (χ4n) is 2.95. The first-order valence-corrected chi connectivity index (χ1v) is 9.64. The van der Waals surface area contributed by atoms with Gasteiger partial charge in [0.2, 0.25) is 0 Å². The van der Waals surface area contributed by atoms with E-state index in [1.54, 1.807) is 13.0 Å². The van der Waals surface area contributed by atoms with E-state index in [0.29, 0.717) is 36.8 Å². The van der Waals surface area contributed by atoms with Gasteiger partial charge in [0, 0.05) is 6.42 Å². The third-order valence-corrected chi connectivity index (χ3v) is 5.62. The molecule has 1 aromatic carbocycles. The lowest BCUT2D eigenvalue weighted by Gasteiger charge is -2.33. The number of rotatable bonds is 5. The summed E-state index contributed by atoms with van der Waals surface area (Å²) < 4.78 is 19.9. The van der Waals surface area contributed by atoms with Crippen LogP contribution >= 0.6 is 23.5 Å². The second-order valence-corrected chi connectivity index (χ2v) is 7.48. The predicted molar refractivity (Wildman–Crippen MR) is 99.8 cm³/mol. The Morgan fingerprint density at radius 2 is 2.20 bits per heavy atom. The minimum Gasteiger partial charge on any atom is -0.463 e. The first-order valence-electron chi connectivity index (χ1n) is 8.38. The lowest BCUT2D eigenvalue weighted by atomic mass is 9.94. The summed E-state index contributed by atoms with van der Waals surface area (Å²) in [7, 11) is 0. The molecule has 0 radical (unpaired) electrons. The number of hydrogen-bond acceptors (Lipinski definition) is 6. The standard InChI is InChI=1S/C18H22ClNO4S/c1-3-22-17(21)13-11-18(23-8-9-24-18)7-6-16(13)25-20-15-5-4-12(2)10-14(15)19/h4-5,10-11,16,20H,3,6-9H2,1-2H3. The van der Waals surface area contributed by atoms with Crippen LogP contribution in [-0.4, -0.2) is 36.8 Å². The molecular formula is C18H22ClNO4S. The third-order valence-electron chi connectivity index (χ3n) is 4.20. The normalized spacial score (nSPS) is 21.9. The molecular weight excluding hydrogens is 362 g/mol. The van der Waals surface area contributed by atoms with Gasteiger partial charge in [0.25, 0.3) is 0 Å². The fourth-order valence-corrected chi connectivity index (χ4v) is 4.27. The summed E-state index contributed by atoms with van der Waals surface area (Å²) in [6.45, 7) is 5.21. The Bertz CT molecular complexity index is 673. The highest BCUT2D eigenvalue weighted by Crippen LogP contribution is 2.40. The van der Waals surface area contributed by atoms with E-state index in [1.165, 1.54) is 11.9 Å². The van der Waals surface area contributed by atoms with Crippen LogP contribution in [0.15, 0.2) is 29.8 Å². The summed E-state index contributed by atoms with van der Waals surface area (Å²) in [6, 6.07) is 5.83. The Morgan fingerprint density at radius 3 is 2.88 bits per heavy atom. The Labute approximate surface area is 157 Å². The van der Waals surface area contributed by atoms with Crippen LogP contribution in [0.5, 0.6) is 0 Å². The van der Waals surface area contributed by atoms with Crippen molar-refractivity contribution in [1.82, 2.24) is 0 Å². The van der Waals surface area contributed by atoms with Crippen molar-refractivity contribution in [3.63, 3.8) is 0 Å². The van der Waals surface area contributed by atoms with Crippen molar-refractivity contribution in [3.8, 4) is 0 Å². The number of halogens is 1. The highest BCUT2D eigenvalue weighted by atomic mass is 35.5. The number of anilines is 1. The second-order valence-electron chi connectivity index (χ2n) is 6.06. The summed E-state index contributed by atoms with van der Waals surface area (Å²) in [5, 5.41) is 0.596. The zero-order chi connectivity index (χ0) is 17.9. The van der Waals surface area contributed by atoms with Crippen molar-refractivity contribution in [3.05, 3.63) is 40.4 Å². The molecule has 1 aliphatic carbocycles. The number of carbonyl (C=O) groups excluding carboxylic acids is 1. The van der Waals surface area contributed by atoms with Gasteiger partial charge in [-0.2, -0.15) is 0 Å². The van der Waals surface area contributed by atoms with E-state index in [9.17, 15) is 4.79 Å². The number of ether oxygens (including phenoxy) is 3. The summed E-state index contributed by atoms with van der Waals surface area (Å²) in [5.74, 6) is -1.10. The highest BCUT2D eigenvalue weighted by Gasteiger charge is 2.42. The lowest BCUT2D eigenvalue weighted by Crippen LogP contribution is -2.36. The Balaban J connectivity index is 1.75. The van der Waals surface area contributed by atoms with E-state index in [-0.39, 0.29) is 11.2 Å². The molecule has 1 aliphatic heterocycles. The molecule has 3 rings (SSSR count). The van der Waals surface area contributed by atoms with E-state index in [4.69, 9.17) is 25.8 Å². The molecule has 0 saturated carbocycles. The van der Waals surface area contributed by atoms with Crippen molar-refractivity contribution >= 4 is 35.2 Å². The largest absolute Gasteiger partial charge is 0.463 e. The van der Waals surface area contributed by atoms with Gasteiger partial charge in [-0.15, -0.1) is 0 Å². The zero-order valence-corrected chi connectivity index (χ0v) is 15.9. The van der Waals surface area contributed by atoms with Crippen LogP contribution in [-0.2, 0) is 19.0 Å². The van der Waals surface area contributed by atoms with E-state index >= 15 is 0 Å². The Hall–Kier alpha value is -1.21. The molecule has 1 N–H and O–H groups in total. The van der Waals surface area contributed by atoms with Crippen LogP contribution < -0.4 is 4.72 Å². The van der Waals surface area contributed by atoms with E-state index in [0.717, 1.165) is 17.7 Å². The van der Waals surface area contributed by atoms with Gasteiger partial charge in [-0.05, 0) is 56.0 Å². The van der Waals surface area contributed by atoms with E-state index in [1.807, 2.05) is 25.1 Å². The SMILES string of the molecule is CCOC(=O)C1=CC2(CCC1SNc1ccc(C)cc1Cl)OCCO2. The minimum absolute atomic E-state index is 0.0603. The number of nitrogens with one attached hydrogen (secondary N) is 1. The van der Waals surface area contributed by atoms with Crippen molar-refractivity contribution < 1.29 is 19.0 Å². The van der Waals surface area contributed by atoms with Crippen LogP contribution in [0.1, 0.15) is 25.3 Å². The zero-order valence-electron chi connectivity index (χ0n) is 14.3. The molecule has 1 atom stereocenters. The van der Waals surface area contributed by atoms with Gasteiger partial charge in [-0.3, -0.25) is 0 Å². The Kier molecular flexibility index (Phi) is 5.94. The average molecular weight is 384 g/mol. The molecule has 1 fully saturated rings. The molecule has 25 heavy (non-hydrogen) atoms. The highest BCUT2D eigenvalue weighted by molar-refractivity contribution is 8.01. The Morgan fingerprint density at radius 1 is 1.44 bits per heavy atom. The van der Waals surface area contributed by atoms with Crippen LogP contribution in [0.3, 0.4) is 0 Å². The molecule has 0 amide bonds. The predicted octanol–water partition coefficient (Wildman–Crippen LogP) is 4.10. The number of hydrogen-bond donors (Lipinski definition) is 1. The van der Waals surface area contributed by atoms with Gasteiger partial charge in [0.15, 0.2) is 5.79 Å². The molecule has 1 spiro atoms. The number of aryl methyl sites for hydroxylation is 1. The van der Waals surface area contributed by atoms with Gasteiger partial charge in [-0.25, -0.2) is 4.79 Å². The number of carbonyl (C=O) groups is 1. The smallest absolute Gasteiger partial charge is 0.335 e. The van der Waals surface area contributed by atoms with E-state index < -0.39 is 5.79 Å². The summed E-state index contributed by atoms with van der Waals surface area (Å²) >= 11 is 7.73. The molecule has 0 bridgehead atoms. The molecule has 136 valence electrons. The van der Waals surface area contributed by atoms with Crippen LogP contribution in [0.4, 0.5) is 5.69 Å². The second kappa shape index (κ2) is 7.99. The quantitative estimate of drug-likeness (QED) is 0.610. The third kappa shape index (κ3) is 4.31. The maximum absolute atomic E-state index is 12.4. The van der Waals surface area contributed by atoms with Gasteiger partial charge in [-0.1, -0.05) is 17.7 Å². The molecule has 1 saturated heterocycles. The van der Waals surface area contributed by atoms with E-state index in [2.05, 4.69) is 4.72 Å². The maximum Gasteiger partial charge on any atom is 0.335 e. The molecule has 1 heterocycles. The minimum atomic E-state index is -0.777. The van der Waals surface area contributed by atoms with Gasteiger partial charge < -0.3 is 18.9 Å². The van der Waals surface area contributed by atoms with Crippen molar-refractivity contribution in [1.29, 1.82) is 0 Å². The maximum atomic E-state index is 12.4. The van der Waals surface area contributed by atoms with Gasteiger partial charge in [0.05, 0.1) is 41.4 Å². The molecule has 5 nitrogen and oxygen atoms in total. The summed E-state index contributed by atoms with van der Waals surface area (Å²) in [5.41, 5.74) is 2.51. The summed E-state index contributed by atoms with van der Waals surface area (Å²) in [4.78, 5) is 12.4. The van der Waals surface area contributed by atoms with Crippen LogP contribution in [0.25, 0.3) is 0 Å². The van der Waals surface area contributed by atoms with Crippen LogP contribution in [0, 0.1) is 6.92 Å². The first-order chi connectivity index (χ1) is 12.0. The van der Waals surface area contributed by atoms with Gasteiger partial charge in [0.1, 0.15) is 0 Å².